The van der Waals surface area contributed by atoms with Crippen LogP contribution in [0.3, 0.4) is 0 Å². The summed E-state index contributed by atoms with van der Waals surface area (Å²) in [6, 6.07) is 7.32. The minimum atomic E-state index is -0.352. The van der Waals surface area contributed by atoms with Gasteiger partial charge >= 0.3 is 0 Å². The van der Waals surface area contributed by atoms with Gasteiger partial charge in [-0.15, -0.1) is 0 Å². The van der Waals surface area contributed by atoms with Crippen LogP contribution in [-0.4, -0.2) is 11.0 Å². The smallest absolute Gasteiger partial charge is 0.165 e. The molecule has 0 atom stereocenters. The fraction of sp³-hybridized carbons (Fsp3) is 0.312. The highest BCUT2D eigenvalue weighted by Crippen LogP contribution is 2.26. The Labute approximate surface area is 128 Å². The second kappa shape index (κ2) is 6.41. The first kappa shape index (κ1) is 14.3. The standard InChI is InChI=1S/C16H16ClFN2O/c17-14-9-19-7-6-12(14)10-21-16-11(2-1-3-15(16)18)8-20-13-4-5-13/h1-3,6-7,9,13,20H,4-5,8,10H2. The highest BCUT2D eigenvalue weighted by Gasteiger charge is 2.21. The van der Waals surface area contributed by atoms with E-state index in [9.17, 15) is 4.39 Å². The van der Waals surface area contributed by atoms with Gasteiger partial charge in [-0.05, 0) is 25.0 Å². The molecular formula is C16H16ClFN2O. The van der Waals surface area contributed by atoms with Crippen LogP contribution in [0, 0.1) is 5.82 Å². The van der Waals surface area contributed by atoms with Crippen LogP contribution < -0.4 is 10.1 Å². The average molecular weight is 307 g/mol. The zero-order valence-electron chi connectivity index (χ0n) is 11.5. The molecule has 0 aliphatic heterocycles. The number of halogens is 2. The Balaban J connectivity index is 1.72. The van der Waals surface area contributed by atoms with E-state index in [-0.39, 0.29) is 12.4 Å². The van der Waals surface area contributed by atoms with Gasteiger partial charge in [0.25, 0.3) is 0 Å². The number of ether oxygens (including phenoxy) is 1. The number of nitrogens with zero attached hydrogens (tertiary/aromatic N) is 1. The van der Waals surface area contributed by atoms with E-state index in [0.29, 0.717) is 23.4 Å². The summed E-state index contributed by atoms with van der Waals surface area (Å²) < 4.78 is 19.7. The van der Waals surface area contributed by atoms with Crippen molar-refractivity contribution in [3.05, 3.63) is 58.6 Å². The zero-order valence-corrected chi connectivity index (χ0v) is 12.2. The fourth-order valence-corrected chi connectivity index (χ4v) is 2.24. The lowest BCUT2D eigenvalue weighted by atomic mass is 10.2. The van der Waals surface area contributed by atoms with Gasteiger partial charge in [-0.25, -0.2) is 4.39 Å². The number of benzene rings is 1. The quantitative estimate of drug-likeness (QED) is 0.883. The number of hydrogen-bond acceptors (Lipinski definition) is 3. The van der Waals surface area contributed by atoms with Gasteiger partial charge in [-0.3, -0.25) is 4.98 Å². The molecule has 0 saturated heterocycles. The van der Waals surface area contributed by atoms with Gasteiger partial charge in [-0.2, -0.15) is 0 Å². The van der Waals surface area contributed by atoms with Crippen LogP contribution in [-0.2, 0) is 13.2 Å². The summed E-state index contributed by atoms with van der Waals surface area (Å²) in [5, 5.41) is 3.89. The summed E-state index contributed by atoms with van der Waals surface area (Å²) in [4.78, 5) is 3.92. The summed E-state index contributed by atoms with van der Waals surface area (Å²) >= 11 is 6.03. The van der Waals surface area contributed by atoms with Crippen LogP contribution in [0.2, 0.25) is 5.02 Å². The predicted octanol–water partition coefficient (Wildman–Crippen LogP) is 3.71. The van der Waals surface area contributed by atoms with Crippen molar-refractivity contribution in [2.75, 3.05) is 0 Å². The Bertz CT molecular complexity index is 631. The molecular weight excluding hydrogens is 291 g/mol. The van der Waals surface area contributed by atoms with Crippen LogP contribution in [0.15, 0.2) is 36.7 Å². The van der Waals surface area contributed by atoms with E-state index in [0.717, 1.165) is 11.1 Å². The molecule has 0 unspecified atom stereocenters. The Hall–Kier alpha value is -1.65. The van der Waals surface area contributed by atoms with E-state index in [2.05, 4.69) is 10.3 Å². The number of para-hydroxylation sites is 1. The third-order valence-corrected chi connectivity index (χ3v) is 3.78. The van der Waals surface area contributed by atoms with Gasteiger partial charge in [0.2, 0.25) is 0 Å². The highest BCUT2D eigenvalue weighted by atomic mass is 35.5. The van der Waals surface area contributed by atoms with Crippen molar-refractivity contribution < 1.29 is 9.13 Å². The van der Waals surface area contributed by atoms with E-state index < -0.39 is 0 Å². The third-order valence-electron chi connectivity index (χ3n) is 3.44. The molecule has 3 rings (SSSR count). The molecule has 0 bridgehead atoms. The molecule has 1 aliphatic carbocycles. The zero-order chi connectivity index (χ0) is 14.7. The summed E-state index contributed by atoms with van der Waals surface area (Å²) in [5.41, 5.74) is 1.61. The van der Waals surface area contributed by atoms with E-state index >= 15 is 0 Å². The van der Waals surface area contributed by atoms with Crippen LogP contribution >= 0.6 is 11.6 Å². The van der Waals surface area contributed by atoms with Crippen molar-refractivity contribution in [1.29, 1.82) is 0 Å². The number of pyridine rings is 1. The van der Waals surface area contributed by atoms with Gasteiger partial charge < -0.3 is 10.1 Å². The molecule has 21 heavy (non-hydrogen) atoms. The van der Waals surface area contributed by atoms with Crippen LogP contribution in [0.5, 0.6) is 5.75 Å². The van der Waals surface area contributed by atoms with Crippen molar-refractivity contribution in [2.45, 2.75) is 32.0 Å². The van der Waals surface area contributed by atoms with Gasteiger partial charge in [0, 0.05) is 36.1 Å². The minimum absolute atomic E-state index is 0.221. The second-order valence-electron chi connectivity index (χ2n) is 5.14. The number of hydrogen-bond donors (Lipinski definition) is 1. The van der Waals surface area contributed by atoms with Crippen molar-refractivity contribution in [2.24, 2.45) is 0 Å². The monoisotopic (exact) mass is 306 g/mol. The maximum absolute atomic E-state index is 14.0. The van der Waals surface area contributed by atoms with Crippen LogP contribution in [0.1, 0.15) is 24.0 Å². The van der Waals surface area contributed by atoms with E-state index in [4.69, 9.17) is 16.3 Å². The number of nitrogens with one attached hydrogen (secondary N) is 1. The molecule has 1 fully saturated rings. The molecule has 0 amide bonds. The maximum atomic E-state index is 14.0. The second-order valence-corrected chi connectivity index (χ2v) is 5.55. The lowest BCUT2D eigenvalue weighted by Gasteiger charge is -2.13. The summed E-state index contributed by atoms with van der Waals surface area (Å²) in [6.45, 7) is 0.834. The van der Waals surface area contributed by atoms with E-state index in [1.54, 1.807) is 24.5 Å². The lowest BCUT2D eigenvalue weighted by Crippen LogP contribution is -2.16. The summed E-state index contributed by atoms with van der Waals surface area (Å²) in [7, 11) is 0. The molecule has 0 radical (unpaired) electrons. The lowest BCUT2D eigenvalue weighted by molar-refractivity contribution is 0.286. The van der Waals surface area contributed by atoms with E-state index in [1.807, 2.05) is 6.07 Å². The van der Waals surface area contributed by atoms with Gasteiger partial charge in [0.15, 0.2) is 11.6 Å². The Morgan fingerprint density at radius 2 is 2.14 bits per heavy atom. The molecule has 110 valence electrons. The molecule has 1 N–H and O–H groups in total. The molecule has 1 aromatic heterocycles. The summed E-state index contributed by atoms with van der Waals surface area (Å²) in [6.07, 6.45) is 5.58. The Kier molecular flexibility index (Phi) is 4.36. The van der Waals surface area contributed by atoms with E-state index in [1.165, 1.54) is 18.9 Å². The minimum Gasteiger partial charge on any atom is -0.485 e. The summed E-state index contributed by atoms with van der Waals surface area (Å²) in [5.74, 6) is -0.0613. The van der Waals surface area contributed by atoms with Crippen molar-refractivity contribution >= 4 is 11.6 Å². The largest absolute Gasteiger partial charge is 0.485 e. The Morgan fingerprint density at radius 1 is 1.29 bits per heavy atom. The SMILES string of the molecule is Fc1cccc(CNC2CC2)c1OCc1ccncc1Cl. The van der Waals surface area contributed by atoms with Crippen molar-refractivity contribution in [3.63, 3.8) is 0 Å². The molecule has 0 spiro atoms. The average Bonchev–Trinajstić information content (AvgIpc) is 3.30. The molecule has 5 heteroatoms. The maximum Gasteiger partial charge on any atom is 0.165 e. The van der Waals surface area contributed by atoms with Crippen LogP contribution in [0.25, 0.3) is 0 Å². The first-order valence-corrected chi connectivity index (χ1v) is 7.34. The van der Waals surface area contributed by atoms with Crippen molar-refractivity contribution in [3.8, 4) is 5.75 Å². The predicted molar refractivity (Wildman–Crippen MR) is 79.8 cm³/mol. The molecule has 1 aromatic carbocycles. The molecule has 1 saturated carbocycles. The normalized spacial score (nSPS) is 14.2. The number of rotatable bonds is 6. The highest BCUT2D eigenvalue weighted by molar-refractivity contribution is 6.31. The molecule has 2 aromatic rings. The Morgan fingerprint density at radius 3 is 2.90 bits per heavy atom. The van der Waals surface area contributed by atoms with Gasteiger partial charge in [-0.1, -0.05) is 23.7 Å². The van der Waals surface area contributed by atoms with Crippen molar-refractivity contribution in [1.82, 2.24) is 10.3 Å². The number of aromatic nitrogens is 1. The topological polar surface area (TPSA) is 34.1 Å². The molecule has 3 nitrogen and oxygen atoms in total. The van der Waals surface area contributed by atoms with Gasteiger partial charge in [0.05, 0.1) is 5.02 Å². The first-order chi connectivity index (χ1) is 10.2. The van der Waals surface area contributed by atoms with Crippen LogP contribution in [0.4, 0.5) is 4.39 Å². The molecule has 1 heterocycles. The third kappa shape index (κ3) is 3.71. The first-order valence-electron chi connectivity index (χ1n) is 6.96. The fourth-order valence-electron chi connectivity index (χ4n) is 2.07. The molecule has 1 aliphatic rings. The van der Waals surface area contributed by atoms with Gasteiger partial charge in [0.1, 0.15) is 6.61 Å².